The Balaban J connectivity index is 0.00000363. The lowest BCUT2D eigenvalue weighted by Gasteiger charge is -2.38. The number of halogens is 4. The van der Waals surface area contributed by atoms with Gasteiger partial charge in [0.25, 0.3) is 0 Å². The molecule has 10 heteroatoms. The van der Waals surface area contributed by atoms with Gasteiger partial charge in [-0.25, -0.2) is 0 Å². The van der Waals surface area contributed by atoms with Crippen LogP contribution in [0.15, 0.2) is 29.3 Å². The van der Waals surface area contributed by atoms with Crippen molar-refractivity contribution in [2.75, 3.05) is 64.0 Å². The van der Waals surface area contributed by atoms with Crippen molar-refractivity contribution in [2.45, 2.75) is 38.5 Å². The third-order valence-corrected chi connectivity index (χ3v) is 5.54. The predicted molar refractivity (Wildman–Crippen MR) is 131 cm³/mol. The average Bonchev–Trinajstić information content (AvgIpc) is 2.78. The van der Waals surface area contributed by atoms with Crippen LogP contribution in [0, 0.1) is 0 Å². The molecule has 32 heavy (non-hydrogen) atoms. The van der Waals surface area contributed by atoms with Crippen molar-refractivity contribution < 1.29 is 22.6 Å². The second-order valence-corrected chi connectivity index (χ2v) is 7.79. The zero-order valence-corrected chi connectivity index (χ0v) is 20.9. The van der Waals surface area contributed by atoms with Crippen LogP contribution < -0.4 is 10.2 Å². The Labute approximate surface area is 205 Å². The molecule has 0 unspecified atom stereocenters. The van der Waals surface area contributed by atoms with Crippen molar-refractivity contribution in [1.29, 1.82) is 0 Å². The SMILES string of the molecule is CCNC(=NCCCOC1CCOCC1)N1CCN(c2cccc(C(F)(F)F)c2)CC1.I. The Kier molecular flexibility index (Phi) is 11.3. The lowest BCUT2D eigenvalue weighted by molar-refractivity contribution is -0.137. The van der Waals surface area contributed by atoms with E-state index in [0.29, 0.717) is 51.1 Å². The molecule has 2 heterocycles. The first-order valence-corrected chi connectivity index (χ1v) is 11.1. The monoisotopic (exact) mass is 570 g/mol. The summed E-state index contributed by atoms with van der Waals surface area (Å²) in [6.07, 6.45) is -1.24. The fourth-order valence-electron chi connectivity index (χ4n) is 3.82. The number of aliphatic imine (C=N–C) groups is 1. The van der Waals surface area contributed by atoms with Gasteiger partial charge in [-0.15, -0.1) is 24.0 Å². The van der Waals surface area contributed by atoms with Crippen molar-refractivity contribution >= 4 is 35.6 Å². The predicted octanol–water partition coefficient (Wildman–Crippen LogP) is 4.00. The van der Waals surface area contributed by atoms with E-state index in [1.165, 1.54) is 12.1 Å². The largest absolute Gasteiger partial charge is 0.416 e. The molecule has 2 aliphatic rings. The molecular formula is C22H34F3IN4O2. The molecular weight excluding hydrogens is 536 g/mol. The van der Waals surface area contributed by atoms with Gasteiger partial charge in [0.15, 0.2) is 5.96 Å². The Hall–Kier alpha value is -1.27. The lowest BCUT2D eigenvalue weighted by atomic mass is 10.1. The van der Waals surface area contributed by atoms with Crippen molar-refractivity contribution in [3.8, 4) is 0 Å². The summed E-state index contributed by atoms with van der Waals surface area (Å²) in [5.41, 5.74) is 0.00646. The van der Waals surface area contributed by atoms with Crippen LogP contribution in [0.4, 0.5) is 18.9 Å². The van der Waals surface area contributed by atoms with Crippen LogP contribution in [0.5, 0.6) is 0 Å². The summed E-state index contributed by atoms with van der Waals surface area (Å²) >= 11 is 0. The van der Waals surface area contributed by atoms with Crippen LogP contribution in [0.3, 0.4) is 0 Å². The van der Waals surface area contributed by atoms with Gasteiger partial charge in [-0.2, -0.15) is 13.2 Å². The number of alkyl halides is 3. The zero-order chi connectivity index (χ0) is 22.1. The van der Waals surface area contributed by atoms with Gasteiger partial charge < -0.3 is 24.6 Å². The minimum atomic E-state index is -4.32. The molecule has 0 atom stereocenters. The van der Waals surface area contributed by atoms with Gasteiger partial charge >= 0.3 is 6.18 Å². The molecule has 1 aromatic rings. The molecule has 0 aliphatic carbocycles. The number of guanidine groups is 1. The number of rotatable bonds is 7. The van der Waals surface area contributed by atoms with Gasteiger partial charge in [0.05, 0.1) is 11.7 Å². The first-order chi connectivity index (χ1) is 15.0. The van der Waals surface area contributed by atoms with Gasteiger partial charge in [0, 0.05) is 64.8 Å². The first kappa shape index (κ1) is 27.0. The van der Waals surface area contributed by atoms with Crippen LogP contribution in [0.25, 0.3) is 0 Å². The summed E-state index contributed by atoms with van der Waals surface area (Å²) in [6.45, 7) is 8.45. The lowest BCUT2D eigenvalue weighted by Crippen LogP contribution is -2.52. The molecule has 0 aromatic heterocycles. The molecule has 0 spiro atoms. The quantitative estimate of drug-likeness (QED) is 0.233. The Morgan fingerprint density at radius 2 is 1.91 bits per heavy atom. The molecule has 1 N–H and O–H groups in total. The van der Waals surface area contributed by atoms with E-state index in [-0.39, 0.29) is 24.0 Å². The fraction of sp³-hybridized carbons (Fsp3) is 0.682. The van der Waals surface area contributed by atoms with Crippen LogP contribution in [-0.4, -0.2) is 76.1 Å². The Bertz CT molecular complexity index is 707. The summed E-state index contributed by atoms with van der Waals surface area (Å²) < 4.78 is 50.2. The molecule has 1 aromatic carbocycles. The summed E-state index contributed by atoms with van der Waals surface area (Å²) in [4.78, 5) is 8.89. The minimum absolute atomic E-state index is 0. The van der Waals surface area contributed by atoms with E-state index in [0.717, 1.165) is 51.0 Å². The number of anilines is 1. The number of benzene rings is 1. The topological polar surface area (TPSA) is 49.3 Å². The van der Waals surface area contributed by atoms with Gasteiger partial charge in [-0.1, -0.05) is 6.07 Å². The fourth-order valence-corrected chi connectivity index (χ4v) is 3.82. The summed E-state index contributed by atoms with van der Waals surface area (Å²) in [6, 6.07) is 5.55. The van der Waals surface area contributed by atoms with Gasteiger partial charge in [-0.3, -0.25) is 4.99 Å². The van der Waals surface area contributed by atoms with Crippen molar-refractivity contribution in [1.82, 2.24) is 10.2 Å². The Morgan fingerprint density at radius 3 is 2.56 bits per heavy atom. The van der Waals surface area contributed by atoms with E-state index in [4.69, 9.17) is 14.5 Å². The minimum Gasteiger partial charge on any atom is -0.381 e. The van der Waals surface area contributed by atoms with Crippen molar-refractivity contribution in [3.05, 3.63) is 29.8 Å². The average molecular weight is 570 g/mol. The molecule has 6 nitrogen and oxygen atoms in total. The van der Waals surface area contributed by atoms with E-state index in [1.54, 1.807) is 6.07 Å². The molecule has 0 amide bonds. The van der Waals surface area contributed by atoms with Gasteiger partial charge in [-0.05, 0) is 44.4 Å². The highest BCUT2D eigenvalue weighted by atomic mass is 127. The van der Waals surface area contributed by atoms with Crippen molar-refractivity contribution in [2.24, 2.45) is 4.99 Å². The second kappa shape index (κ2) is 13.4. The van der Waals surface area contributed by atoms with E-state index in [2.05, 4.69) is 10.2 Å². The molecule has 2 saturated heterocycles. The van der Waals surface area contributed by atoms with E-state index < -0.39 is 11.7 Å². The number of piperazine rings is 1. The number of hydrogen-bond donors (Lipinski definition) is 1. The third-order valence-electron chi connectivity index (χ3n) is 5.54. The number of ether oxygens (including phenoxy) is 2. The zero-order valence-electron chi connectivity index (χ0n) is 18.6. The van der Waals surface area contributed by atoms with Crippen molar-refractivity contribution in [3.63, 3.8) is 0 Å². The molecule has 182 valence electrons. The smallest absolute Gasteiger partial charge is 0.381 e. The van der Waals surface area contributed by atoms with E-state index in [1.807, 2.05) is 11.8 Å². The number of hydrogen-bond acceptors (Lipinski definition) is 4. The van der Waals surface area contributed by atoms with Gasteiger partial charge in [0.1, 0.15) is 0 Å². The number of nitrogens with one attached hydrogen (secondary N) is 1. The molecule has 3 rings (SSSR count). The van der Waals surface area contributed by atoms with Crippen LogP contribution >= 0.6 is 24.0 Å². The molecule has 2 aliphatic heterocycles. The maximum absolute atomic E-state index is 13.0. The highest BCUT2D eigenvalue weighted by Gasteiger charge is 2.31. The standard InChI is InChI=1S/C22H33F3N4O2.HI/c1-2-26-21(27-9-4-14-31-20-7-15-30-16-8-20)29-12-10-28(11-13-29)19-6-3-5-18(17-19)22(23,24)25;/h3,5-6,17,20H,2,4,7-16H2,1H3,(H,26,27);1H. The molecule has 0 radical (unpaired) electrons. The summed E-state index contributed by atoms with van der Waals surface area (Å²) in [5, 5.41) is 3.33. The highest BCUT2D eigenvalue weighted by Crippen LogP contribution is 2.31. The Morgan fingerprint density at radius 1 is 1.19 bits per heavy atom. The molecule has 2 fully saturated rings. The normalized spacial score (nSPS) is 18.4. The molecule has 0 bridgehead atoms. The van der Waals surface area contributed by atoms with Crippen LogP contribution in [0.2, 0.25) is 0 Å². The summed E-state index contributed by atoms with van der Waals surface area (Å²) in [5.74, 6) is 0.859. The highest BCUT2D eigenvalue weighted by molar-refractivity contribution is 14.0. The summed E-state index contributed by atoms with van der Waals surface area (Å²) in [7, 11) is 0. The van der Waals surface area contributed by atoms with Crippen LogP contribution in [0.1, 0.15) is 31.7 Å². The maximum atomic E-state index is 13.0. The van der Waals surface area contributed by atoms with E-state index >= 15 is 0 Å². The van der Waals surface area contributed by atoms with E-state index in [9.17, 15) is 13.2 Å². The number of nitrogens with zero attached hydrogens (tertiary/aromatic N) is 3. The van der Waals surface area contributed by atoms with Crippen LogP contribution in [-0.2, 0) is 15.7 Å². The molecule has 0 saturated carbocycles. The second-order valence-electron chi connectivity index (χ2n) is 7.79. The first-order valence-electron chi connectivity index (χ1n) is 11.1. The maximum Gasteiger partial charge on any atom is 0.416 e. The van der Waals surface area contributed by atoms with Gasteiger partial charge in [0.2, 0.25) is 0 Å². The third kappa shape index (κ3) is 8.26.